The second-order valence-corrected chi connectivity index (χ2v) is 5.69. The molecule has 1 aliphatic rings. The predicted octanol–water partition coefficient (Wildman–Crippen LogP) is 3.14. The maximum Gasteiger partial charge on any atom is 0.159 e. The number of carbonyl (C=O) groups is 1. The zero-order valence-corrected chi connectivity index (χ0v) is 12.2. The van der Waals surface area contributed by atoms with Gasteiger partial charge in [-0.25, -0.2) is 0 Å². The highest BCUT2D eigenvalue weighted by Gasteiger charge is 2.23. The van der Waals surface area contributed by atoms with Gasteiger partial charge in [0.2, 0.25) is 0 Å². The van der Waals surface area contributed by atoms with Gasteiger partial charge in [-0.05, 0) is 50.8 Å². The number of rotatable bonds is 3. The van der Waals surface area contributed by atoms with Crippen molar-refractivity contribution in [2.45, 2.75) is 32.8 Å². The molecule has 2 rings (SSSR count). The molecule has 3 nitrogen and oxygen atoms in total. The average molecular weight is 282 g/mol. The molecule has 104 valence electrons. The van der Waals surface area contributed by atoms with Crippen LogP contribution in [0.4, 0.5) is 5.69 Å². The Labute approximate surface area is 119 Å². The number of piperidine rings is 1. The fourth-order valence-corrected chi connectivity index (χ4v) is 2.91. The smallest absolute Gasteiger partial charge is 0.159 e. The van der Waals surface area contributed by atoms with E-state index in [0.717, 1.165) is 31.6 Å². The molecule has 1 atom stereocenters. The predicted molar refractivity (Wildman–Crippen MR) is 78.1 cm³/mol. The first-order chi connectivity index (χ1) is 8.99. The number of aliphatic hydroxyl groups excluding tert-OH is 1. The van der Waals surface area contributed by atoms with Gasteiger partial charge in [-0.1, -0.05) is 11.6 Å². The number of benzene rings is 1. The second kappa shape index (κ2) is 5.93. The van der Waals surface area contributed by atoms with Crippen molar-refractivity contribution in [1.29, 1.82) is 0 Å². The Kier molecular flexibility index (Phi) is 4.48. The summed E-state index contributed by atoms with van der Waals surface area (Å²) in [7, 11) is 0. The Balaban J connectivity index is 2.09. The number of Topliss-reactive ketones (excluding diaryl/α,β-unsaturated/α-hetero) is 1. The van der Waals surface area contributed by atoms with Crippen LogP contribution in [0.3, 0.4) is 0 Å². The molecule has 1 aromatic rings. The zero-order chi connectivity index (χ0) is 14.0. The van der Waals surface area contributed by atoms with Crippen molar-refractivity contribution in [3.8, 4) is 0 Å². The average Bonchev–Trinajstić information content (AvgIpc) is 2.38. The van der Waals surface area contributed by atoms with E-state index in [0.29, 0.717) is 16.5 Å². The highest BCUT2D eigenvalue weighted by Crippen LogP contribution is 2.31. The van der Waals surface area contributed by atoms with Gasteiger partial charge in [-0.15, -0.1) is 0 Å². The molecular formula is C15H20ClNO2. The molecule has 0 aromatic heterocycles. The monoisotopic (exact) mass is 281 g/mol. The van der Waals surface area contributed by atoms with Crippen LogP contribution >= 0.6 is 11.6 Å². The minimum atomic E-state index is -0.238. The van der Waals surface area contributed by atoms with E-state index in [9.17, 15) is 9.90 Å². The Morgan fingerprint density at radius 3 is 2.53 bits per heavy atom. The van der Waals surface area contributed by atoms with E-state index >= 15 is 0 Å². The maximum atomic E-state index is 11.3. The Morgan fingerprint density at radius 2 is 2.05 bits per heavy atom. The van der Waals surface area contributed by atoms with Gasteiger partial charge in [0.1, 0.15) is 0 Å². The van der Waals surface area contributed by atoms with Gasteiger partial charge in [0.25, 0.3) is 0 Å². The minimum Gasteiger partial charge on any atom is -0.393 e. The largest absolute Gasteiger partial charge is 0.393 e. The molecule has 0 aliphatic carbocycles. The van der Waals surface area contributed by atoms with Gasteiger partial charge in [-0.2, -0.15) is 0 Å². The molecule has 1 saturated heterocycles. The van der Waals surface area contributed by atoms with Crippen molar-refractivity contribution in [2.24, 2.45) is 5.92 Å². The second-order valence-electron chi connectivity index (χ2n) is 5.29. The summed E-state index contributed by atoms with van der Waals surface area (Å²) in [5.41, 5.74) is 1.63. The van der Waals surface area contributed by atoms with Gasteiger partial charge in [0, 0.05) is 18.7 Å². The number of nitrogens with zero attached hydrogens (tertiary/aromatic N) is 1. The van der Waals surface area contributed by atoms with E-state index in [2.05, 4.69) is 4.90 Å². The number of ketones is 1. The topological polar surface area (TPSA) is 40.5 Å². The third-order valence-corrected chi connectivity index (χ3v) is 4.22. The molecule has 1 aliphatic heterocycles. The lowest BCUT2D eigenvalue weighted by Gasteiger charge is -2.35. The molecular weight excluding hydrogens is 262 g/mol. The summed E-state index contributed by atoms with van der Waals surface area (Å²) in [5.74, 6) is 0.410. The van der Waals surface area contributed by atoms with Gasteiger partial charge in [0.15, 0.2) is 5.78 Å². The molecule has 1 unspecified atom stereocenters. The van der Waals surface area contributed by atoms with Crippen LogP contribution in [0.1, 0.15) is 37.0 Å². The fraction of sp³-hybridized carbons (Fsp3) is 0.533. The summed E-state index contributed by atoms with van der Waals surface area (Å²) in [6.07, 6.45) is 1.71. The van der Waals surface area contributed by atoms with E-state index < -0.39 is 0 Å². The highest BCUT2D eigenvalue weighted by molar-refractivity contribution is 6.33. The van der Waals surface area contributed by atoms with Crippen LogP contribution in [-0.4, -0.2) is 30.1 Å². The van der Waals surface area contributed by atoms with E-state index in [-0.39, 0.29) is 11.9 Å². The van der Waals surface area contributed by atoms with Crippen LogP contribution in [0.25, 0.3) is 0 Å². The standard InChI is InChI=1S/C15H20ClNO2/c1-10(18)12-5-7-17(8-6-12)15-4-3-13(11(2)19)9-14(15)16/h3-4,9-10,12,18H,5-8H2,1-2H3. The summed E-state index contributed by atoms with van der Waals surface area (Å²) < 4.78 is 0. The van der Waals surface area contributed by atoms with Crippen molar-refractivity contribution in [3.63, 3.8) is 0 Å². The number of carbonyl (C=O) groups excluding carboxylic acids is 1. The van der Waals surface area contributed by atoms with Crippen molar-refractivity contribution in [3.05, 3.63) is 28.8 Å². The number of aliphatic hydroxyl groups is 1. The lowest BCUT2D eigenvalue weighted by molar-refractivity contribution is 0.101. The molecule has 1 N–H and O–H groups in total. The summed E-state index contributed by atoms with van der Waals surface area (Å²) in [5, 5.41) is 10.2. The number of hydrogen-bond donors (Lipinski definition) is 1. The van der Waals surface area contributed by atoms with Crippen molar-refractivity contribution >= 4 is 23.1 Å². The summed E-state index contributed by atoms with van der Waals surface area (Å²) in [4.78, 5) is 13.5. The van der Waals surface area contributed by atoms with Crippen LogP contribution in [0.15, 0.2) is 18.2 Å². The van der Waals surface area contributed by atoms with Crippen LogP contribution < -0.4 is 4.90 Å². The summed E-state index contributed by atoms with van der Waals surface area (Å²) in [6, 6.07) is 5.48. The molecule has 19 heavy (non-hydrogen) atoms. The molecule has 1 fully saturated rings. The van der Waals surface area contributed by atoms with Gasteiger partial charge in [-0.3, -0.25) is 4.79 Å². The van der Waals surface area contributed by atoms with Crippen LogP contribution in [-0.2, 0) is 0 Å². The molecule has 4 heteroatoms. The van der Waals surface area contributed by atoms with Gasteiger partial charge >= 0.3 is 0 Å². The molecule has 0 saturated carbocycles. The van der Waals surface area contributed by atoms with E-state index in [4.69, 9.17) is 11.6 Å². The van der Waals surface area contributed by atoms with E-state index in [1.807, 2.05) is 19.1 Å². The lowest BCUT2D eigenvalue weighted by Crippen LogP contribution is -2.37. The third kappa shape index (κ3) is 3.28. The summed E-state index contributed by atoms with van der Waals surface area (Å²) in [6.45, 7) is 5.19. The maximum absolute atomic E-state index is 11.3. The Bertz CT molecular complexity index is 465. The first-order valence-corrected chi connectivity index (χ1v) is 7.10. The van der Waals surface area contributed by atoms with E-state index in [1.165, 1.54) is 0 Å². The third-order valence-electron chi connectivity index (χ3n) is 3.92. The molecule has 0 amide bonds. The fourth-order valence-electron chi connectivity index (χ4n) is 2.61. The SMILES string of the molecule is CC(=O)c1ccc(N2CCC(C(C)O)CC2)c(Cl)c1. The first-order valence-electron chi connectivity index (χ1n) is 6.72. The van der Waals surface area contributed by atoms with Crippen molar-refractivity contribution in [1.82, 2.24) is 0 Å². The minimum absolute atomic E-state index is 0.0289. The molecule has 1 aromatic carbocycles. The van der Waals surface area contributed by atoms with Gasteiger partial charge < -0.3 is 10.0 Å². The van der Waals surface area contributed by atoms with Crippen molar-refractivity contribution in [2.75, 3.05) is 18.0 Å². The van der Waals surface area contributed by atoms with Gasteiger partial charge in [0.05, 0.1) is 16.8 Å². The quantitative estimate of drug-likeness (QED) is 0.866. The highest BCUT2D eigenvalue weighted by atomic mass is 35.5. The zero-order valence-electron chi connectivity index (χ0n) is 11.4. The van der Waals surface area contributed by atoms with Crippen LogP contribution in [0.5, 0.6) is 0 Å². The van der Waals surface area contributed by atoms with Crippen LogP contribution in [0, 0.1) is 5.92 Å². The van der Waals surface area contributed by atoms with Crippen molar-refractivity contribution < 1.29 is 9.90 Å². The molecule has 0 radical (unpaired) electrons. The summed E-state index contributed by atoms with van der Waals surface area (Å²) >= 11 is 6.26. The number of anilines is 1. The molecule has 0 spiro atoms. The molecule has 0 bridgehead atoms. The number of hydrogen-bond acceptors (Lipinski definition) is 3. The van der Waals surface area contributed by atoms with E-state index in [1.54, 1.807) is 13.0 Å². The Morgan fingerprint density at radius 1 is 1.42 bits per heavy atom. The number of halogens is 1. The Hall–Kier alpha value is -1.06. The lowest BCUT2D eigenvalue weighted by atomic mass is 9.92. The van der Waals surface area contributed by atoms with Crippen LogP contribution in [0.2, 0.25) is 5.02 Å². The first kappa shape index (κ1) is 14.4. The normalized spacial score (nSPS) is 18.4. The molecule has 1 heterocycles.